The zero-order valence-electron chi connectivity index (χ0n) is 10.1. The smallest absolute Gasteiger partial charge is 0.224 e. The molecule has 1 heterocycles. The minimum Gasteiger partial charge on any atom is -0.495 e. The highest BCUT2D eigenvalue weighted by atomic mass is 19.1. The van der Waals surface area contributed by atoms with Crippen molar-refractivity contribution >= 4 is 17.5 Å². The van der Waals surface area contributed by atoms with E-state index in [0.29, 0.717) is 17.4 Å². The summed E-state index contributed by atoms with van der Waals surface area (Å²) in [4.78, 5) is 7.77. The van der Waals surface area contributed by atoms with Crippen molar-refractivity contribution in [2.75, 3.05) is 24.8 Å². The van der Waals surface area contributed by atoms with Crippen molar-refractivity contribution in [3.8, 4) is 5.75 Å². The number of aromatic nitrogens is 2. The molecule has 94 valence electrons. The van der Waals surface area contributed by atoms with Crippen LogP contribution in [0.15, 0.2) is 30.5 Å². The van der Waals surface area contributed by atoms with Gasteiger partial charge in [-0.1, -0.05) is 12.1 Å². The molecule has 2 aromatic rings. The first-order valence-corrected chi connectivity index (χ1v) is 5.35. The number of hydrogen-bond acceptors (Lipinski definition) is 5. The lowest BCUT2D eigenvalue weighted by Crippen LogP contribution is -2.03. The van der Waals surface area contributed by atoms with Gasteiger partial charge < -0.3 is 15.4 Å². The second kappa shape index (κ2) is 5.31. The molecule has 0 saturated heterocycles. The van der Waals surface area contributed by atoms with Gasteiger partial charge in [0.2, 0.25) is 5.95 Å². The predicted molar refractivity (Wildman–Crippen MR) is 67.8 cm³/mol. The first-order valence-electron chi connectivity index (χ1n) is 5.35. The number of anilines is 3. The van der Waals surface area contributed by atoms with Crippen LogP contribution in [0.5, 0.6) is 5.75 Å². The third-order valence-corrected chi connectivity index (χ3v) is 2.33. The van der Waals surface area contributed by atoms with Crippen molar-refractivity contribution in [3.63, 3.8) is 0 Å². The monoisotopic (exact) mass is 248 g/mol. The van der Waals surface area contributed by atoms with Crippen LogP contribution in [0.3, 0.4) is 0 Å². The summed E-state index contributed by atoms with van der Waals surface area (Å²) >= 11 is 0. The lowest BCUT2D eigenvalue weighted by atomic mass is 10.3. The second-order valence-electron chi connectivity index (χ2n) is 3.47. The Hall–Kier alpha value is -2.37. The van der Waals surface area contributed by atoms with E-state index in [2.05, 4.69) is 20.6 Å². The molecule has 0 saturated carbocycles. The van der Waals surface area contributed by atoms with E-state index in [1.807, 2.05) is 12.1 Å². The van der Waals surface area contributed by atoms with Gasteiger partial charge in [-0.05, 0) is 12.1 Å². The van der Waals surface area contributed by atoms with E-state index < -0.39 is 5.82 Å². The van der Waals surface area contributed by atoms with Crippen molar-refractivity contribution in [2.24, 2.45) is 0 Å². The SMILES string of the molecule is CNc1ncc(F)c(Nc2ccccc2OC)n1. The summed E-state index contributed by atoms with van der Waals surface area (Å²) in [7, 11) is 3.22. The van der Waals surface area contributed by atoms with E-state index >= 15 is 0 Å². The van der Waals surface area contributed by atoms with Crippen LogP contribution in [-0.2, 0) is 0 Å². The fourth-order valence-electron chi connectivity index (χ4n) is 1.45. The molecule has 0 aliphatic rings. The molecule has 0 unspecified atom stereocenters. The molecule has 18 heavy (non-hydrogen) atoms. The Morgan fingerprint density at radius 2 is 2.06 bits per heavy atom. The molecule has 0 aliphatic carbocycles. The third-order valence-electron chi connectivity index (χ3n) is 2.33. The maximum Gasteiger partial charge on any atom is 0.224 e. The Kier molecular flexibility index (Phi) is 3.57. The zero-order chi connectivity index (χ0) is 13.0. The van der Waals surface area contributed by atoms with Crippen LogP contribution >= 0.6 is 0 Å². The standard InChI is InChI=1S/C12H13FN4O/c1-14-12-15-7-8(13)11(17-12)16-9-5-3-4-6-10(9)18-2/h3-7H,1-2H3,(H2,14,15,16,17). The van der Waals surface area contributed by atoms with Crippen LogP contribution in [0.4, 0.5) is 21.8 Å². The minimum absolute atomic E-state index is 0.0962. The molecule has 0 atom stereocenters. The molecule has 2 N–H and O–H groups in total. The Balaban J connectivity index is 2.33. The van der Waals surface area contributed by atoms with Crippen molar-refractivity contribution in [2.45, 2.75) is 0 Å². The van der Waals surface area contributed by atoms with Gasteiger partial charge in [0.25, 0.3) is 0 Å². The van der Waals surface area contributed by atoms with E-state index in [1.54, 1.807) is 26.3 Å². The highest BCUT2D eigenvalue weighted by Gasteiger charge is 2.09. The number of nitrogens with one attached hydrogen (secondary N) is 2. The fourth-order valence-corrected chi connectivity index (χ4v) is 1.45. The molecule has 0 fully saturated rings. The fraction of sp³-hybridized carbons (Fsp3) is 0.167. The average Bonchev–Trinajstić information content (AvgIpc) is 2.42. The summed E-state index contributed by atoms with van der Waals surface area (Å²) in [5.41, 5.74) is 0.639. The van der Waals surface area contributed by atoms with Gasteiger partial charge in [0.1, 0.15) is 5.75 Å². The molecule has 2 rings (SSSR count). The first kappa shape index (κ1) is 12.1. The molecule has 5 nitrogen and oxygen atoms in total. The second-order valence-corrected chi connectivity index (χ2v) is 3.47. The molecule has 0 radical (unpaired) electrons. The molecule has 1 aromatic carbocycles. The number of benzene rings is 1. The van der Waals surface area contributed by atoms with Gasteiger partial charge in [0, 0.05) is 7.05 Å². The van der Waals surface area contributed by atoms with Gasteiger partial charge in [-0.25, -0.2) is 9.37 Å². The van der Waals surface area contributed by atoms with Crippen LogP contribution in [0, 0.1) is 5.82 Å². The average molecular weight is 248 g/mol. The van der Waals surface area contributed by atoms with E-state index in [9.17, 15) is 4.39 Å². The Morgan fingerprint density at radius 3 is 2.78 bits per heavy atom. The van der Waals surface area contributed by atoms with Crippen molar-refractivity contribution in [1.82, 2.24) is 9.97 Å². The molecule has 6 heteroatoms. The highest BCUT2D eigenvalue weighted by molar-refractivity contribution is 5.64. The van der Waals surface area contributed by atoms with Crippen LogP contribution in [0.2, 0.25) is 0 Å². The van der Waals surface area contributed by atoms with Crippen molar-refractivity contribution in [3.05, 3.63) is 36.3 Å². The summed E-state index contributed by atoms with van der Waals surface area (Å²) < 4.78 is 18.7. The van der Waals surface area contributed by atoms with Gasteiger partial charge in [0.05, 0.1) is 19.0 Å². The van der Waals surface area contributed by atoms with Gasteiger partial charge in [-0.2, -0.15) is 4.98 Å². The number of rotatable bonds is 4. The molecule has 0 amide bonds. The summed E-state index contributed by atoms with van der Waals surface area (Å²) in [6, 6.07) is 7.21. The van der Waals surface area contributed by atoms with Crippen molar-refractivity contribution in [1.29, 1.82) is 0 Å². The maximum atomic E-state index is 13.6. The van der Waals surface area contributed by atoms with E-state index in [0.717, 1.165) is 6.20 Å². The molecule has 0 spiro atoms. The summed E-state index contributed by atoms with van der Waals surface area (Å²) in [6.07, 6.45) is 1.11. The Morgan fingerprint density at radius 1 is 1.28 bits per heavy atom. The molecular weight excluding hydrogens is 235 g/mol. The number of hydrogen-bond donors (Lipinski definition) is 2. The van der Waals surface area contributed by atoms with Crippen LogP contribution < -0.4 is 15.4 Å². The number of para-hydroxylation sites is 2. The third kappa shape index (κ3) is 2.48. The Bertz CT molecular complexity index is 547. The van der Waals surface area contributed by atoms with Gasteiger partial charge in [-0.15, -0.1) is 0 Å². The van der Waals surface area contributed by atoms with Crippen molar-refractivity contribution < 1.29 is 9.13 Å². The molecular formula is C12H13FN4O. The molecule has 0 bridgehead atoms. The minimum atomic E-state index is -0.528. The van der Waals surface area contributed by atoms with E-state index in [1.165, 1.54) is 0 Å². The van der Waals surface area contributed by atoms with Crippen LogP contribution in [-0.4, -0.2) is 24.1 Å². The summed E-state index contributed by atoms with van der Waals surface area (Å²) in [5, 5.41) is 5.62. The topological polar surface area (TPSA) is 59.1 Å². The molecule has 1 aromatic heterocycles. The number of ether oxygens (including phenoxy) is 1. The van der Waals surface area contributed by atoms with Crippen LogP contribution in [0.1, 0.15) is 0 Å². The predicted octanol–water partition coefficient (Wildman–Crippen LogP) is 2.41. The molecule has 0 aliphatic heterocycles. The largest absolute Gasteiger partial charge is 0.495 e. The summed E-state index contributed by atoms with van der Waals surface area (Å²) in [5.74, 6) is 0.522. The Labute approximate surface area is 104 Å². The number of nitrogens with zero attached hydrogens (tertiary/aromatic N) is 2. The quantitative estimate of drug-likeness (QED) is 0.870. The van der Waals surface area contributed by atoms with Gasteiger partial charge in [0.15, 0.2) is 11.6 Å². The van der Waals surface area contributed by atoms with E-state index in [-0.39, 0.29) is 5.82 Å². The zero-order valence-corrected chi connectivity index (χ0v) is 10.1. The maximum absolute atomic E-state index is 13.6. The first-order chi connectivity index (χ1) is 8.74. The normalized spacial score (nSPS) is 9.94. The lowest BCUT2D eigenvalue weighted by Gasteiger charge is -2.11. The van der Waals surface area contributed by atoms with Crippen LogP contribution in [0.25, 0.3) is 0 Å². The highest BCUT2D eigenvalue weighted by Crippen LogP contribution is 2.27. The van der Waals surface area contributed by atoms with Gasteiger partial charge in [-0.3, -0.25) is 0 Å². The van der Waals surface area contributed by atoms with E-state index in [4.69, 9.17) is 4.74 Å². The lowest BCUT2D eigenvalue weighted by molar-refractivity contribution is 0.417. The number of methoxy groups -OCH3 is 1. The number of halogens is 1. The van der Waals surface area contributed by atoms with Gasteiger partial charge >= 0.3 is 0 Å². The summed E-state index contributed by atoms with van der Waals surface area (Å²) in [6.45, 7) is 0.